The first kappa shape index (κ1) is 10.5. The van der Waals surface area contributed by atoms with E-state index in [2.05, 4.69) is 43.6 Å². The van der Waals surface area contributed by atoms with Crippen molar-refractivity contribution in [3.63, 3.8) is 0 Å². The van der Waals surface area contributed by atoms with E-state index in [-0.39, 0.29) is 5.01 Å². The molecule has 0 aliphatic carbocycles. The molecule has 0 saturated carbocycles. The fraction of sp³-hybridized carbons (Fsp3) is 1.00. The number of rotatable bonds is 1. The lowest BCUT2D eigenvalue weighted by Gasteiger charge is -2.38. The predicted molar refractivity (Wildman–Crippen MR) is 55.4 cm³/mol. The molecule has 0 radical (unpaired) electrons. The average Bonchev–Trinajstić information content (AvgIpc) is 1.99. The summed E-state index contributed by atoms with van der Waals surface area (Å²) in [5.74, 6) is 2.05. The molecule has 0 unspecified atom stereocenters. The maximum absolute atomic E-state index is 5.85. The maximum Gasteiger partial charge on any atom is 0.115 e. The molecule has 72 valence electrons. The van der Waals surface area contributed by atoms with Gasteiger partial charge in [-0.05, 0) is 24.2 Å². The molecule has 0 aromatic rings. The quantitative estimate of drug-likeness (QED) is 0.633. The molecule has 0 aromatic carbocycles. The average molecular weight is 235 g/mol. The van der Waals surface area contributed by atoms with Crippen LogP contribution in [-0.4, -0.2) is 11.1 Å². The first-order valence-corrected chi connectivity index (χ1v) is 5.73. The molecule has 0 N–H and O–H groups in total. The third-order valence-electron chi connectivity index (χ3n) is 2.96. The van der Waals surface area contributed by atoms with Crippen LogP contribution < -0.4 is 0 Å². The molecule has 1 fully saturated rings. The van der Waals surface area contributed by atoms with Gasteiger partial charge < -0.3 is 4.74 Å². The van der Waals surface area contributed by atoms with Crippen LogP contribution in [0.2, 0.25) is 0 Å². The Morgan fingerprint density at radius 2 is 1.92 bits per heavy atom. The summed E-state index contributed by atoms with van der Waals surface area (Å²) in [7, 11) is 0. The van der Waals surface area contributed by atoms with Gasteiger partial charge in [-0.25, -0.2) is 0 Å². The highest BCUT2D eigenvalue weighted by Crippen LogP contribution is 2.35. The van der Waals surface area contributed by atoms with E-state index < -0.39 is 0 Å². The number of hydrogen-bond donors (Lipinski definition) is 0. The summed E-state index contributed by atoms with van der Waals surface area (Å²) >= 11 is 3.58. The SMILES string of the molecule is CC(C)[C@@H]1C[C@H](C)[C@@H](C)[C@@H](Br)O1. The lowest BCUT2D eigenvalue weighted by molar-refractivity contribution is -0.0734. The van der Waals surface area contributed by atoms with Gasteiger partial charge >= 0.3 is 0 Å². The summed E-state index contributed by atoms with van der Waals surface area (Å²) in [6.45, 7) is 9.03. The number of alkyl halides is 1. The van der Waals surface area contributed by atoms with E-state index in [0.29, 0.717) is 17.9 Å². The molecular weight excluding hydrogens is 216 g/mol. The van der Waals surface area contributed by atoms with Crippen LogP contribution in [0.15, 0.2) is 0 Å². The Kier molecular flexibility index (Phi) is 3.59. The molecule has 0 spiro atoms. The number of hydrogen-bond acceptors (Lipinski definition) is 1. The van der Waals surface area contributed by atoms with Gasteiger partial charge in [0, 0.05) is 0 Å². The standard InChI is InChI=1S/C10H19BrO/c1-6(2)9-5-7(3)8(4)10(11)12-9/h6-10H,5H2,1-4H3/t7-,8+,9-,10-/m0/s1. The van der Waals surface area contributed by atoms with E-state index in [4.69, 9.17) is 4.74 Å². The Hall–Kier alpha value is 0.440. The molecule has 2 heteroatoms. The van der Waals surface area contributed by atoms with Gasteiger partial charge in [0.1, 0.15) is 5.01 Å². The topological polar surface area (TPSA) is 9.23 Å². The molecule has 1 heterocycles. The van der Waals surface area contributed by atoms with E-state index in [1.165, 1.54) is 6.42 Å². The highest BCUT2D eigenvalue weighted by molar-refractivity contribution is 9.09. The van der Waals surface area contributed by atoms with Crippen LogP contribution in [0.4, 0.5) is 0 Å². The van der Waals surface area contributed by atoms with Gasteiger partial charge in [-0.2, -0.15) is 0 Å². The third-order valence-corrected chi connectivity index (χ3v) is 4.01. The molecule has 4 atom stereocenters. The van der Waals surface area contributed by atoms with Crippen molar-refractivity contribution in [1.82, 2.24) is 0 Å². The van der Waals surface area contributed by atoms with Gasteiger partial charge in [-0.1, -0.05) is 43.6 Å². The normalized spacial score (nSPS) is 43.5. The van der Waals surface area contributed by atoms with Gasteiger partial charge in [0.05, 0.1) is 6.10 Å². The second kappa shape index (κ2) is 4.10. The van der Waals surface area contributed by atoms with Crippen LogP contribution in [0, 0.1) is 17.8 Å². The van der Waals surface area contributed by atoms with Gasteiger partial charge in [-0.3, -0.25) is 0 Å². The van der Waals surface area contributed by atoms with Crippen molar-refractivity contribution >= 4 is 15.9 Å². The van der Waals surface area contributed by atoms with Crippen molar-refractivity contribution in [1.29, 1.82) is 0 Å². The van der Waals surface area contributed by atoms with E-state index in [1.807, 2.05) is 0 Å². The van der Waals surface area contributed by atoms with E-state index in [9.17, 15) is 0 Å². The molecule has 1 aliphatic rings. The van der Waals surface area contributed by atoms with Gasteiger partial charge in [-0.15, -0.1) is 0 Å². The second-order valence-corrected chi connectivity index (χ2v) is 5.24. The van der Waals surface area contributed by atoms with Gasteiger partial charge in [0.2, 0.25) is 0 Å². The Morgan fingerprint density at radius 1 is 1.33 bits per heavy atom. The summed E-state index contributed by atoms with van der Waals surface area (Å²) in [6, 6.07) is 0. The first-order valence-electron chi connectivity index (χ1n) is 4.82. The zero-order valence-corrected chi connectivity index (χ0v) is 9.97. The molecule has 1 saturated heterocycles. The summed E-state index contributed by atoms with van der Waals surface area (Å²) in [5.41, 5.74) is 0. The Bertz CT molecular complexity index is 135. The van der Waals surface area contributed by atoms with Crippen molar-refractivity contribution in [3.05, 3.63) is 0 Å². The van der Waals surface area contributed by atoms with Crippen LogP contribution in [0.1, 0.15) is 34.1 Å². The fourth-order valence-electron chi connectivity index (χ4n) is 1.62. The molecule has 0 aromatic heterocycles. The zero-order valence-electron chi connectivity index (χ0n) is 8.38. The molecular formula is C10H19BrO. The molecule has 12 heavy (non-hydrogen) atoms. The molecule has 0 amide bonds. The smallest absolute Gasteiger partial charge is 0.115 e. The van der Waals surface area contributed by atoms with E-state index in [0.717, 1.165) is 5.92 Å². The van der Waals surface area contributed by atoms with Crippen molar-refractivity contribution in [2.75, 3.05) is 0 Å². The fourth-order valence-corrected chi connectivity index (χ4v) is 2.41. The number of ether oxygens (including phenoxy) is 1. The Balaban J connectivity index is 2.53. The van der Waals surface area contributed by atoms with Gasteiger partial charge in [0.15, 0.2) is 0 Å². The zero-order chi connectivity index (χ0) is 9.30. The van der Waals surface area contributed by atoms with Crippen molar-refractivity contribution in [2.24, 2.45) is 17.8 Å². The molecule has 1 rings (SSSR count). The minimum absolute atomic E-state index is 0.258. The van der Waals surface area contributed by atoms with Crippen LogP contribution >= 0.6 is 15.9 Å². The summed E-state index contributed by atoms with van der Waals surface area (Å²) in [5, 5.41) is 0.258. The van der Waals surface area contributed by atoms with E-state index >= 15 is 0 Å². The molecule has 1 nitrogen and oxygen atoms in total. The highest BCUT2D eigenvalue weighted by atomic mass is 79.9. The lowest BCUT2D eigenvalue weighted by atomic mass is 9.85. The van der Waals surface area contributed by atoms with Gasteiger partial charge in [0.25, 0.3) is 0 Å². The summed E-state index contributed by atoms with van der Waals surface area (Å²) in [6.07, 6.45) is 1.65. The summed E-state index contributed by atoms with van der Waals surface area (Å²) in [4.78, 5) is 0. The van der Waals surface area contributed by atoms with E-state index in [1.54, 1.807) is 0 Å². The van der Waals surface area contributed by atoms with Crippen molar-refractivity contribution < 1.29 is 4.74 Å². The monoisotopic (exact) mass is 234 g/mol. The highest BCUT2D eigenvalue weighted by Gasteiger charge is 2.32. The molecule has 1 aliphatic heterocycles. The van der Waals surface area contributed by atoms with Crippen LogP contribution in [-0.2, 0) is 4.74 Å². The predicted octanol–water partition coefficient (Wildman–Crippen LogP) is 3.42. The minimum Gasteiger partial charge on any atom is -0.363 e. The first-order chi connectivity index (χ1) is 5.52. The summed E-state index contributed by atoms with van der Waals surface area (Å²) < 4.78 is 5.85. The van der Waals surface area contributed by atoms with Crippen molar-refractivity contribution in [2.45, 2.75) is 45.2 Å². The Morgan fingerprint density at radius 3 is 2.33 bits per heavy atom. The minimum atomic E-state index is 0.258. The second-order valence-electron chi connectivity index (χ2n) is 4.34. The number of halogens is 1. The Labute approximate surface area is 84.0 Å². The maximum atomic E-state index is 5.85. The molecule has 0 bridgehead atoms. The lowest BCUT2D eigenvalue weighted by Crippen LogP contribution is -2.37. The largest absolute Gasteiger partial charge is 0.363 e. The van der Waals surface area contributed by atoms with Crippen LogP contribution in [0.25, 0.3) is 0 Å². The van der Waals surface area contributed by atoms with Crippen molar-refractivity contribution in [3.8, 4) is 0 Å². The third kappa shape index (κ3) is 2.23. The van der Waals surface area contributed by atoms with Crippen LogP contribution in [0.5, 0.6) is 0 Å². The van der Waals surface area contributed by atoms with Crippen LogP contribution in [0.3, 0.4) is 0 Å².